The molecule has 1 atom stereocenters. The molecule has 1 aliphatic carbocycles. The fraction of sp³-hybridized carbons (Fsp3) is 0.310. The molecule has 40 heavy (non-hydrogen) atoms. The van der Waals surface area contributed by atoms with Crippen molar-refractivity contribution in [2.75, 3.05) is 5.73 Å². The number of carbonyl (C=O) groups is 1. The van der Waals surface area contributed by atoms with Gasteiger partial charge in [0.2, 0.25) is 0 Å². The Kier molecular flexibility index (Phi) is 6.51. The monoisotopic (exact) mass is 535 g/mol. The lowest BCUT2D eigenvalue weighted by Gasteiger charge is -2.28. The number of nitrogens with one attached hydrogen (secondary N) is 1. The van der Waals surface area contributed by atoms with Crippen LogP contribution in [0.15, 0.2) is 53.8 Å². The van der Waals surface area contributed by atoms with Crippen LogP contribution in [-0.2, 0) is 7.05 Å². The molecule has 11 heteroatoms. The topological polar surface area (TPSA) is 138 Å². The molecule has 0 aliphatic heterocycles. The number of benzene rings is 1. The highest BCUT2D eigenvalue weighted by Crippen LogP contribution is 2.30. The normalized spacial score (nSPS) is 14.7. The number of nitrogens with two attached hydrogens (primary N) is 1. The predicted molar refractivity (Wildman–Crippen MR) is 151 cm³/mol. The van der Waals surface area contributed by atoms with Crippen molar-refractivity contribution < 1.29 is 4.79 Å². The Hall–Kier alpha value is -4.98. The summed E-state index contributed by atoms with van der Waals surface area (Å²) >= 11 is 0. The molecule has 0 bridgehead atoms. The third-order valence-corrected chi connectivity index (χ3v) is 7.33. The summed E-state index contributed by atoms with van der Waals surface area (Å²) < 4.78 is 4.93. The Morgan fingerprint density at radius 3 is 2.77 bits per heavy atom. The highest BCUT2D eigenvalue weighted by Gasteiger charge is 2.27. The molecule has 11 nitrogen and oxygen atoms in total. The molecule has 1 aliphatic rings. The zero-order valence-electron chi connectivity index (χ0n) is 22.3. The third kappa shape index (κ3) is 4.58. The zero-order chi connectivity index (χ0) is 27.8. The van der Waals surface area contributed by atoms with Crippen LogP contribution in [0.1, 0.15) is 78.4 Å². The van der Waals surface area contributed by atoms with Crippen LogP contribution in [0.25, 0.3) is 16.6 Å². The van der Waals surface area contributed by atoms with Gasteiger partial charge in [-0.2, -0.15) is 5.10 Å². The summed E-state index contributed by atoms with van der Waals surface area (Å²) in [4.78, 5) is 36.8. The van der Waals surface area contributed by atoms with Gasteiger partial charge in [-0.25, -0.2) is 14.5 Å². The zero-order valence-corrected chi connectivity index (χ0v) is 22.3. The molecule has 1 aromatic carbocycles. The van der Waals surface area contributed by atoms with E-state index in [9.17, 15) is 9.59 Å². The van der Waals surface area contributed by atoms with Crippen molar-refractivity contribution in [3.8, 4) is 11.8 Å². The Balaban J connectivity index is 1.44. The molecular weight excluding hydrogens is 506 g/mol. The molecule has 4 heterocycles. The molecule has 0 radical (unpaired) electrons. The van der Waals surface area contributed by atoms with Gasteiger partial charge >= 0.3 is 0 Å². The molecule has 4 aromatic heterocycles. The summed E-state index contributed by atoms with van der Waals surface area (Å²) in [5, 5.41) is 11.8. The lowest BCUT2D eigenvalue weighted by molar-refractivity contribution is 0.0939. The van der Waals surface area contributed by atoms with Crippen LogP contribution in [0.2, 0.25) is 0 Å². The number of carbonyl (C=O) groups excluding carboxylic acids is 1. The van der Waals surface area contributed by atoms with Crippen molar-refractivity contribution >= 4 is 28.3 Å². The smallest absolute Gasteiger partial charge is 0.262 e. The Morgan fingerprint density at radius 1 is 1.18 bits per heavy atom. The van der Waals surface area contributed by atoms with E-state index in [0.29, 0.717) is 27.9 Å². The van der Waals surface area contributed by atoms with Crippen LogP contribution < -0.4 is 16.6 Å². The number of nitrogens with zero attached hydrogens (tertiary/aromatic N) is 7. The number of anilines is 1. The van der Waals surface area contributed by atoms with Crippen molar-refractivity contribution in [1.29, 1.82) is 0 Å². The Bertz CT molecular complexity index is 1870. The average Bonchev–Trinajstić information content (AvgIpc) is 3.53. The van der Waals surface area contributed by atoms with Gasteiger partial charge in [0, 0.05) is 37.2 Å². The van der Waals surface area contributed by atoms with E-state index in [4.69, 9.17) is 10.7 Å². The second-order valence-electron chi connectivity index (χ2n) is 10.1. The quantitative estimate of drug-likeness (QED) is 0.337. The van der Waals surface area contributed by atoms with E-state index in [1.54, 1.807) is 33.9 Å². The minimum atomic E-state index is -0.588. The summed E-state index contributed by atoms with van der Waals surface area (Å²) in [6.45, 7) is 1.83. The molecule has 1 fully saturated rings. The van der Waals surface area contributed by atoms with E-state index in [1.165, 1.54) is 4.52 Å². The van der Waals surface area contributed by atoms with Gasteiger partial charge in [-0.05, 0) is 38.0 Å². The van der Waals surface area contributed by atoms with Crippen LogP contribution in [0.4, 0.5) is 5.82 Å². The maximum atomic E-state index is 14.2. The first-order chi connectivity index (χ1) is 19.4. The van der Waals surface area contributed by atoms with Gasteiger partial charge in [0.15, 0.2) is 11.5 Å². The number of nitrogen functional groups attached to an aromatic ring is 1. The number of amides is 1. The van der Waals surface area contributed by atoms with Gasteiger partial charge in [0.05, 0.1) is 28.7 Å². The summed E-state index contributed by atoms with van der Waals surface area (Å²) in [5.74, 6) is 6.41. The van der Waals surface area contributed by atoms with Crippen LogP contribution in [0, 0.1) is 11.8 Å². The van der Waals surface area contributed by atoms with E-state index >= 15 is 0 Å². The van der Waals surface area contributed by atoms with Gasteiger partial charge in [-0.15, -0.1) is 5.10 Å². The largest absolute Gasteiger partial charge is 0.381 e. The second-order valence-corrected chi connectivity index (χ2v) is 10.1. The molecule has 0 spiro atoms. The first-order valence-corrected chi connectivity index (χ1v) is 13.4. The van der Waals surface area contributed by atoms with Crippen molar-refractivity contribution in [2.45, 2.75) is 51.1 Å². The fourth-order valence-corrected chi connectivity index (χ4v) is 5.44. The van der Waals surface area contributed by atoms with Crippen LogP contribution >= 0.6 is 0 Å². The minimum absolute atomic E-state index is 0.0180. The molecule has 1 amide bonds. The van der Waals surface area contributed by atoms with Crippen molar-refractivity contribution in [2.24, 2.45) is 7.05 Å². The Labute approximate surface area is 230 Å². The van der Waals surface area contributed by atoms with Crippen molar-refractivity contribution in [1.82, 2.24) is 39.2 Å². The summed E-state index contributed by atoms with van der Waals surface area (Å²) in [6, 6.07) is 6.59. The predicted octanol–water partition coefficient (Wildman–Crippen LogP) is 3.15. The van der Waals surface area contributed by atoms with Crippen LogP contribution in [-0.4, -0.2) is 39.8 Å². The highest BCUT2D eigenvalue weighted by atomic mass is 16.2. The number of aryl methyl sites for hydroxylation is 1. The molecule has 202 valence electrons. The number of hydrogen-bond acceptors (Lipinski definition) is 7. The number of hydrogen-bond donors (Lipinski definition) is 2. The lowest BCUT2D eigenvalue weighted by atomic mass is 9.94. The summed E-state index contributed by atoms with van der Waals surface area (Å²) in [7, 11) is 1.83. The van der Waals surface area contributed by atoms with Crippen LogP contribution in [0.3, 0.4) is 0 Å². The highest BCUT2D eigenvalue weighted by molar-refractivity contribution is 6.04. The molecule has 1 unspecified atom stereocenters. The number of aromatic nitrogens is 7. The summed E-state index contributed by atoms with van der Waals surface area (Å²) in [6.07, 6.45) is 11.7. The molecule has 0 saturated heterocycles. The second kappa shape index (κ2) is 10.3. The average molecular weight is 536 g/mol. The Morgan fingerprint density at radius 2 is 2.00 bits per heavy atom. The molecule has 5 aromatic rings. The molecule has 6 rings (SSSR count). The van der Waals surface area contributed by atoms with Gasteiger partial charge < -0.3 is 11.1 Å². The van der Waals surface area contributed by atoms with E-state index in [-0.39, 0.29) is 23.0 Å². The SMILES string of the molecule is CC(NC(=O)c1c(N)nn2cccnc12)c1nc2cccc(C#Cc3cnn(C)c3)c2c(=O)n1C1CCCCC1. The molecular formula is C29H29N9O2. The van der Waals surface area contributed by atoms with Gasteiger partial charge in [-0.3, -0.25) is 18.8 Å². The first kappa shape index (κ1) is 25.3. The van der Waals surface area contributed by atoms with Gasteiger partial charge in [0.1, 0.15) is 11.4 Å². The first-order valence-electron chi connectivity index (χ1n) is 13.4. The van der Waals surface area contributed by atoms with Crippen molar-refractivity contribution in [3.63, 3.8) is 0 Å². The maximum absolute atomic E-state index is 14.2. The van der Waals surface area contributed by atoms with E-state index < -0.39 is 11.9 Å². The van der Waals surface area contributed by atoms with Gasteiger partial charge in [-0.1, -0.05) is 37.2 Å². The van der Waals surface area contributed by atoms with Crippen molar-refractivity contribution in [3.05, 3.63) is 81.9 Å². The third-order valence-electron chi connectivity index (χ3n) is 7.33. The van der Waals surface area contributed by atoms with E-state index in [0.717, 1.165) is 37.7 Å². The van der Waals surface area contributed by atoms with E-state index in [1.807, 2.05) is 38.4 Å². The number of rotatable bonds is 4. The van der Waals surface area contributed by atoms with Crippen LogP contribution in [0.5, 0.6) is 0 Å². The minimum Gasteiger partial charge on any atom is -0.381 e. The molecule has 3 N–H and O–H groups in total. The lowest BCUT2D eigenvalue weighted by Crippen LogP contribution is -2.36. The molecule has 1 saturated carbocycles. The van der Waals surface area contributed by atoms with Gasteiger partial charge in [0.25, 0.3) is 11.5 Å². The van der Waals surface area contributed by atoms with E-state index in [2.05, 4.69) is 32.3 Å². The fourth-order valence-electron chi connectivity index (χ4n) is 5.44. The maximum Gasteiger partial charge on any atom is 0.262 e. The number of fused-ring (bicyclic) bond motifs is 2. The standard InChI is InChI=1S/C29H29N9O2/c1-18(33-28(39)24-25(30)35-37-15-7-14-31-27(24)37)26-34-22-11-6-8-20(13-12-19-16-32-36(2)17-19)23(22)29(40)38(26)21-9-4-3-5-10-21/h6-8,11,14-18,21H,3-5,9-10H2,1-2H3,(H2,30,35)(H,33,39). The summed E-state index contributed by atoms with van der Waals surface area (Å²) in [5.41, 5.74) is 8.37.